The van der Waals surface area contributed by atoms with Gasteiger partial charge in [-0.15, -0.1) is 0 Å². The Labute approximate surface area is 149 Å². The molecule has 25 heavy (non-hydrogen) atoms. The van der Waals surface area contributed by atoms with Crippen LogP contribution in [-0.4, -0.2) is 5.97 Å². The van der Waals surface area contributed by atoms with Crippen molar-refractivity contribution in [2.75, 3.05) is 0 Å². The molecule has 0 radical (unpaired) electrons. The molecule has 0 aliphatic carbocycles. The molecule has 0 saturated heterocycles. The van der Waals surface area contributed by atoms with Crippen molar-refractivity contribution >= 4 is 5.97 Å². The fourth-order valence-corrected chi connectivity index (χ4v) is 3.13. The number of esters is 1. The Morgan fingerprint density at radius 1 is 1.08 bits per heavy atom. The van der Waals surface area contributed by atoms with E-state index in [9.17, 15) is 4.79 Å². The minimum Gasteiger partial charge on any atom is -0.441 e. The number of hydrogen-bond donors (Lipinski definition) is 0. The highest BCUT2D eigenvalue weighted by atomic mass is 16.6. The minimum atomic E-state index is -0.881. The third kappa shape index (κ3) is 3.20. The maximum Gasteiger partial charge on any atom is 0.340 e. The molecule has 1 heterocycles. The lowest BCUT2D eigenvalue weighted by Gasteiger charge is -2.26. The summed E-state index contributed by atoms with van der Waals surface area (Å²) in [4.78, 5) is 12.4. The molecule has 1 aliphatic rings. The van der Waals surface area contributed by atoms with Gasteiger partial charge in [-0.05, 0) is 32.9 Å². The quantitative estimate of drug-likeness (QED) is 0.547. The standard InChI is InChI=1S/C23H22O2/c1-4-8-17(2)9-7-16-23(19-14-12-18(3)13-15-19)21-11-6-5-10-20(21)22(24)25-23/h4-16H,1-3H3/b8-4-,16-7+,17-9-. The van der Waals surface area contributed by atoms with Crippen LogP contribution >= 0.6 is 0 Å². The molecule has 1 unspecified atom stereocenters. The molecule has 0 fully saturated rings. The fraction of sp³-hybridized carbons (Fsp3) is 0.174. The molecule has 2 aromatic rings. The zero-order valence-corrected chi connectivity index (χ0v) is 14.8. The summed E-state index contributed by atoms with van der Waals surface area (Å²) in [6, 6.07) is 15.7. The van der Waals surface area contributed by atoms with Crippen molar-refractivity contribution in [2.24, 2.45) is 0 Å². The lowest BCUT2D eigenvalue weighted by Crippen LogP contribution is -2.25. The molecule has 1 atom stereocenters. The van der Waals surface area contributed by atoms with Crippen LogP contribution in [0.5, 0.6) is 0 Å². The second-order valence-electron chi connectivity index (χ2n) is 6.31. The summed E-state index contributed by atoms with van der Waals surface area (Å²) in [6.45, 7) is 6.07. The fourth-order valence-electron chi connectivity index (χ4n) is 3.13. The largest absolute Gasteiger partial charge is 0.441 e. The summed E-state index contributed by atoms with van der Waals surface area (Å²) < 4.78 is 5.91. The third-order valence-electron chi connectivity index (χ3n) is 4.40. The van der Waals surface area contributed by atoms with Crippen molar-refractivity contribution < 1.29 is 9.53 Å². The van der Waals surface area contributed by atoms with Gasteiger partial charge in [0.2, 0.25) is 0 Å². The Bertz CT molecular complexity index is 869. The van der Waals surface area contributed by atoms with Gasteiger partial charge < -0.3 is 4.74 Å². The van der Waals surface area contributed by atoms with Crippen molar-refractivity contribution in [3.8, 4) is 0 Å². The number of allylic oxidation sites excluding steroid dienone is 5. The number of carbonyl (C=O) groups excluding carboxylic acids is 1. The molecular formula is C23H22O2. The SMILES string of the molecule is C\C=C/C(C)=C\C=C\C1(c2ccc(C)cc2)OC(=O)c2ccccc21. The van der Waals surface area contributed by atoms with Crippen LogP contribution in [0.15, 0.2) is 84.5 Å². The summed E-state index contributed by atoms with van der Waals surface area (Å²) in [5.74, 6) is -0.282. The maximum atomic E-state index is 12.4. The molecule has 0 spiro atoms. The predicted molar refractivity (Wildman–Crippen MR) is 102 cm³/mol. The average molecular weight is 330 g/mol. The number of carbonyl (C=O) groups is 1. The highest BCUT2D eigenvalue weighted by molar-refractivity contribution is 5.96. The molecule has 2 aromatic carbocycles. The summed E-state index contributed by atoms with van der Waals surface area (Å²) in [7, 11) is 0. The van der Waals surface area contributed by atoms with Crippen molar-refractivity contribution in [3.05, 3.63) is 107 Å². The van der Waals surface area contributed by atoms with Gasteiger partial charge >= 0.3 is 5.97 Å². The van der Waals surface area contributed by atoms with Crippen LogP contribution < -0.4 is 0 Å². The van der Waals surface area contributed by atoms with Gasteiger partial charge in [0.25, 0.3) is 0 Å². The summed E-state index contributed by atoms with van der Waals surface area (Å²) in [6.07, 6.45) is 9.99. The van der Waals surface area contributed by atoms with E-state index in [2.05, 4.69) is 0 Å². The normalized spacial score (nSPS) is 20.3. The number of rotatable bonds is 4. The van der Waals surface area contributed by atoms with E-state index >= 15 is 0 Å². The summed E-state index contributed by atoms with van der Waals surface area (Å²) >= 11 is 0. The maximum absolute atomic E-state index is 12.4. The first-order valence-corrected chi connectivity index (χ1v) is 8.45. The van der Waals surface area contributed by atoms with Crippen molar-refractivity contribution in [1.29, 1.82) is 0 Å². The molecule has 0 amide bonds. The van der Waals surface area contributed by atoms with Crippen LogP contribution in [0.4, 0.5) is 0 Å². The van der Waals surface area contributed by atoms with Gasteiger partial charge in [0.1, 0.15) is 0 Å². The van der Waals surface area contributed by atoms with Crippen LogP contribution in [0, 0.1) is 6.92 Å². The predicted octanol–water partition coefficient (Wildman–Crippen LogP) is 5.49. The second kappa shape index (κ2) is 6.94. The Hall–Kier alpha value is -2.87. The molecule has 3 rings (SSSR count). The van der Waals surface area contributed by atoms with E-state index in [4.69, 9.17) is 4.74 Å². The molecular weight excluding hydrogens is 308 g/mol. The van der Waals surface area contributed by atoms with Gasteiger partial charge in [-0.1, -0.05) is 77.9 Å². The van der Waals surface area contributed by atoms with Gasteiger partial charge in [0, 0.05) is 11.1 Å². The van der Waals surface area contributed by atoms with E-state index in [1.165, 1.54) is 5.56 Å². The molecule has 0 bridgehead atoms. The average Bonchev–Trinajstić information content (AvgIpc) is 2.89. The number of aryl methyl sites for hydroxylation is 1. The molecule has 0 aromatic heterocycles. The summed E-state index contributed by atoms with van der Waals surface area (Å²) in [5.41, 5.74) is 3.89. The highest BCUT2D eigenvalue weighted by Crippen LogP contribution is 2.43. The Morgan fingerprint density at radius 3 is 2.52 bits per heavy atom. The Kier molecular flexibility index (Phi) is 4.71. The first-order valence-electron chi connectivity index (χ1n) is 8.45. The first-order chi connectivity index (χ1) is 12.1. The molecule has 2 nitrogen and oxygen atoms in total. The zero-order valence-electron chi connectivity index (χ0n) is 14.8. The van der Waals surface area contributed by atoms with Crippen molar-refractivity contribution in [3.63, 3.8) is 0 Å². The number of fused-ring (bicyclic) bond motifs is 1. The number of ether oxygens (including phenoxy) is 1. The number of hydrogen-bond acceptors (Lipinski definition) is 2. The molecule has 0 saturated carbocycles. The van der Waals surface area contributed by atoms with Crippen LogP contribution in [0.25, 0.3) is 0 Å². The molecule has 1 aliphatic heterocycles. The van der Waals surface area contributed by atoms with Crippen LogP contribution in [0.2, 0.25) is 0 Å². The minimum absolute atomic E-state index is 0.282. The smallest absolute Gasteiger partial charge is 0.340 e. The second-order valence-corrected chi connectivity index (χ2v) is 6.31. The van der Waals surface area contributed by atoms with E-state index in [-0.39, 0.29) is 5.97 Å². The number of benzene rings is 2. The molecule has 2 heteroatoms. The van der Waals surface area contributed by atoms with Gasteiger partial charge in [0.05, 0.1) is 5.56 Å². The summed E-state index contributed by atoms with van der Waals surface area (Å²) in [5, 5.41) is 0. The first kappa shape index (κ1) is 17.0. The van der Waals surface area contributed by atoms with E-state index in [0.717, 1.165) is 16.7 Å². The van der Waals surface area contributed by atoms with E-state index in [1.54, 1.807) is 0 Å². The number of cyclic esters (lactones) is 1. The van der Waals surface area contributed by atoms with Crippen LogP contribution in [-0.2, 0) is 10.3 Å². The lowest BCUT2D eigenvalue weighted by molar-refractivity contribution is 0.0275. The molecule has 126 valence electrons. The highest BCUT2D eigenvalue weighted by Gasteiger charge is 2.44. The van der Waals surface area contributed by atoms with Gasteiger partial charge in [-0.2, -0.15) is 0 Å². The zero-order chi connectivity index (χ0) is 17.9. The monoisotopic (exact) mass is 330 g/mol. The Morgan fingerprint density at radius 2 is 1.80 bits per heavy atom. The van der Waals surface area contributed by atoms with Gasteiger partial charge in [-0.25, -0.2) is 4.79 Å². The van der Waals surface area contributed by atoms with E-state index < -0.39 is 5.60 Å². The van der Waals surface area contributed by atoms with E-state index in [1.807, 2.05) is 99.7 Å². The lowest BCUT2D eigenvalue weighted by atomic mass is 9.85. The van der Waals surface area contributed by atoms with Crippen molar-refractivity contribution in [2.45, 2.75) is 26.4 Å². The van der Waals surface area contributed by atoms with Crippen molar-refractivity contribution in [1.82, 2.24) is 0 Å². The Balaban J connectivity index is 2.14. The topological polar surface area (TPSA) is 26.3 Å². The van der Waals surface area contributed by atoms with Gasteiger partial charge in [-0.3, -0.25) is 0 Å². The van der Waals surface area contributed by atoms with E-state index in [0.29, 0.717) is 5.56 Å². The third-order valence-corrected chi connectivity index (χ3v) is 4.40. The van der Waals surface area contributed by atoms with Crippen LogP contribution in [0.1, 0.15) is 40.9 Å². The van der Waals surface area contributed by atoms with Crippen LogP contribution in [0.3, 0.4) is 0 Å². The molecule has 0 N–H and O–H groups in total. The van der Waals surface area contributed by atoms with Gasteiger partial charge in [0.15, 0.2) is 5.60 Å².